The highest BCUT2D eigenvalue weighted by Gasteiger charge is 2.30. The van der Waals surface area contributed by atoms with Gasteiger partial charge in [-0.25, -0.2) is 9.78 Å². The molecule has 1 aliphatic carbocycles. The fourth-order valence-corrected chi connectivity index (χ4v) is 4.59. The van der Waals surface area contributed by atoms with Crippen LogP contribution in [0.3, 0.4) is 0 Å². The lowest BCUT2D eigenvalue weighted by Crippen LogP contribution is -2.47. The first kappa shape index (κ1) is 18.3. The van der Waals surface area contributed by atoms with E-state index in [1.807, 2.05) is 6.20 Å². The highest BCUT2D eigenvalue weighted by Crippen LogP contribution is 2.24. The monoisotopic (exact) mass is 346 g/mol. The maximum Gasteiger partial charge on any atom is 0.317 e. The highest BCUT2D eigenvalue weighted by molar-refractivity contribution is 5.75. The molecule has 1 saturated carbocycles. The summed E-state index contributed by atoms with van der Waals surface area (Å²) in [7, 11) is 0. The Morgan fingerprint density at radius 2 is 2.00 bits per heavy atom. The summed E-state index contributed by atoms with van der Waals surface area (Å²) in [6.45, 7) is 7.44. The molecule has 5 nitrogen and oxygen atoms in total. The molecule has 0 bridgehead atoms. The maximum atomic E-state index is 12.7. The fourth-order valence-electron chi connectivity index (χ4n) is 4.59. The van der Waals surface area contributed by atoms with Crippen molar-refractivity contribution in [2.75, 3.05) is 6.54 Å². The average Bonchev–Trinajstić information content (AvgIpc) is 3.20. The summed E-state index contributed by atoms with van der Waals surface area (Å²) in [5.41, 5.74) is 1.23. The third-order valence-electron chi connectivity index (χ3n) is 5.85. The number of aryl methyl sites for hydroxylation is 2. The predicted octanol–water partition coefficient (Wildman–Crippen LogP) is 4.21. The number of carbonyl (C=O) groups excluding carboxylic acids is 1. The lowest BCUT2D eigenvalue weighted by molar-refractivity contribution is 0.182. The van der Waals surface area contributed by atoms with Gasteiger partial charge in [0.25, 0.3) is 0 Å². The Hall–Kier alpha value is -1.52. The third-order valence-corrected chi connectivity index (χ3v) is 5.85. The summed E-state index contributed by atoms with van der Waals surface area (Å²) in [6.07, 6.45) is 12.3. The number of hydrogen-bond acceptors (Lipinski definition) is 2. The zero-order chi connectivity index (χ0) is 17.8. The van der Waals surface area contributed by atoms with E-state index in [-0.39, 0.29) is 6.03 Å². The SMILES string of the molecule is Cc1cnc(CCC2CCCN2C(=O)NC2CCCCC2)n1C(C)C. The van der Waals surface area contributed by atoms with Gasteiger partial charge in [-0.1, -0.05) is 19.3 Å². The summed E-state index contributed by atoms with van der Waals surface area (Å²) in [5, 5.41) is 3.29. The second kappa shape index (κ2) is 8.24. The highest BCUT2D eigenvalue weighted by atomic mass is 16.2. The lowest BCUT2D eigenvalue weighted by Gasteiger charge is -2.29. The van der Waals surface area contributed by atoms with E-state index in [1.54, 1.807) is 0 Å². The summed E-state index contributed by atoms with van der Waals surface area (Å²) in [6, 6.07) is 1.36. The van der Waals surface area contributed by atoms with Crippen molar-refractivity contribution in [2.24, 2.45) is 0 Å². The van der Waals surface area contributed by atoms with Gasteiger partial charge >= 0.3 is 6.03 Å². The number of nitrogens with zero attached hydrogens (tertiary/aromatic N) is 3. The van der Waals surface area contributed by atoms with Gasteiger partial charge in [0.15, 0.2) is 0 Å². The molecule has 1 N–H and O–H groups in total. The van der Waals surface area contributed by atoms with Gasteiger partial charge in [-0.05, 0) is 52.9 Å². The van der Waals surface area contributed by atoms with Crippen molar-refractivity contribution < 1.29 is 4.79 Å². The van der Waals surface area contributed by atoms with Crippen molar-refractivity contribution in [3.8, 4) is 0 Å². The molecule has 0 aromatic carbocycles. The molecule has 140 valence electrons. The fraction of sp³-hybridized carbons (Fsp3) is 0.800. The van der Waals surface area contributed by atoms with E-state index in [0.29, 0.717) is 18.1 Å². The van der Waals surface area contributed by atoms with E-state index in [1.165, 1.54) is 25.0 Å². The second-order valence-corrected chi connectivity index (χ2v) is 8.09. The van der Waals surface area contributed by atoms with Gasteiger partial charge in [-0.2, -0.15) is 0 Å². The maximum absolute atomic E-state index is 12.7. The van der Waals surface area contributed by atoms with Gasteiger partial charge in [0.05, 0.1) is 0 Å². The Bertz CT molecular complexity index is 574. The van der Waals surface area contributed by atoms with Crippen LogP contribution in [-0.2, 0) is 6.42 Å². The zero-order valence-electron chi connectivity index (χ0n) is 16.1. The molecule has 1 aromatic heterocycles. The first-order chi connectivity index (χ1) is 12.1. The largest absolute Gasteiger partial charge is 0.335 e. The van der Waals surface area contributed by atoms with E-state index < -0.39 is 0 Å². The van der Waals surface area contributed by atoms with Crippen LogP contribution in [0.4, 0.5) is 4.79 Å². The van der Waals surface area contributed by atoms with E-state index in [2.05, 4.69) is 40.5 Å². The summed E-state index contributed by atoms with van der Waals surface area (Å²) in [5.74, 6) is 1.16. The van der Waals surface area contributed by atoms with Crippen LogP contribution in [-0.4, -0.2) is 39.1 Å². The average molecular weight is 347 g/mol. The van der Waals surface area contributed by atoms with Crippen molar-refractivity contribution in [3.05, 3.63) is 17.7 Å². The van der Waals surface area contributed by atoms with Gasteiger partial charge < -0.3 is 14.8 Å². The molecule has 1 unspecified atom stereocenters. The summed E-state index contributed by atoms with van der Waals surface area (Å²) >= 11 is 0. The van der Waals surface area contributed by atoms with Crippen molar-refractivity contribution in [3.63, 3.8) is 0 Å². The topological polar surface area (TPSA) is 50.2 Å². The van der Waals surface area contributed by atoms with Crippen molar-refractivity contribution >= 4 is 6.03 Å². The Balaban J connectivity index is 1.55. The van der Waals surface area contributed by atoms with Crippen LogP contribution < -0.4 is 5.32 Å². The number of carbonyl (C=O) groups is 1. The molecule has 2 heterocycles. The molecule has 3 rings (SSSR count). The van der Waals surface area contributed by atoms with Gasteiger partial charge in [0.2, 0.25) is 0 Å². The van der Waals surface area contributed by atoms with E-state index in [9.17, 15) is 4.79 Å². The molecule has 2 aliphatic rings. The van der Waals surface area contributed by atoms with Gasteiger partial charge in [-0.3, -0.25) is 0 Å². The standard InChI is InChI=1S/C20H34N4O/c1-15(2)24-16(3)14-21-19(24)12-11-18-10-7-13-23(18)20(25)22-17-8-5-4-6-9-17/h14-15,17-18H,4-13H2,1-3H3,(H,22,25). The third kappa shape index (κ3) is 4.36. The smallest absolute Gasteiger partial charge is 0.317 e. The van der Waals surface area contributed by atoms with E-state index in [0.717, 1.165) is 50.9 Å². The molecule has 2 amide bonds. The van der Waals surface area contributed by atoms with Crippen LogP contribution in [0.15, 0.2) is 6.20 Å². The molecule has 1 atom stereocenters. The molecule has 25 heavy (non-hydrogen) atoms. The van der Waals surface area contributed by atoms with Gasteiger partial charge in [-0.15, -0.1) is 0 Å². The molecule has 0 radical (unpaired) electrons. The molecular weight excluding hydrogens is 312 g/mol. The number of nitrogens with one attached hydrogen (secondary N) is 1. The number of rotatable bonds is 5. The van der Waals surface area contributed by atoms with Crippen LogP contribution in [0.5, 0.6) is 0 Å². The molecular formula is C20H34N4O. The summed E-state index contributed by atoms with van der Waals surface area (Å²) < 4.78 is 2.32. The Labute approximate surface area is 152 Å². The Kier molecular flexibility index (Phi) is 6.02. The lowest BCUT2D eigenvalue weighted by atomic mass is 9.96. The van der Waals surface area contributed by atoms with Crippen molar-refractivity contribution in [2.45, 2.75) is 96.7 Å². The van der Waals surface area contributed by atoms with E-state index in [4.69, 9.17) is 0 Å². The number of hydrogen-bond donors (Lipinski definition) is 1. The van der Waals surface area contributed by atoms with Crippen molar-refractivity contribution in [1.29, 1.82) is 0 Å². The molecule has 0 spiro atoms. The molecule has 1 aromatic rings. The number of imidazole rings is 1. The quantitative estimate of drug-likeness (QED) is 0.868. The Morgan fingerprint density at radius 3 is 2.72 bits per heavy atom. The van der Waals surface area contributed by atoms with Crippen LogP contribution >= 0.6 is 0 Å². The summed E-state index contributed by atoms with van der Waals surface area (Å²) in [4.78, 5) is 19.4. The predicted molar refractivity (Wildman–Crippen MR) is 101 cm³/mol. The zero-order valence-corrected chi connectivity index (χ0v) is 16.1. The minimum absolute atomic E-state index is 0.165. The van der Waals surface area contributed by atoms with Crippen LogP contribution in [0.1, 0.15) is 82.8 Å². The van der Waals surface area contributed by atoms with Crippen LogP contribution in [0.2, 0.25) is 0 Å². The van der Waals surface area contributed by atoms with Crippen LogP contribution in [0, 0.1) is 6.92 Å². The molecule has 5 heteroatoms. The second-order valence-electron chi connectivity index (χ2n) is 8.09. The normalized spacial score (nSPS) is 21.9. The first-order valence-corrected chi connectivity index (χ1v) is 10.2. The molecule has 2 fully saturated rings. The number of amides is 2. The van der Waals surface area contributed by atoms with Crippen LogP contribution in [0.25, 0.3) is 0 Å². The van der Waals surface area contributed by atoms with Crippen molar-refractivity contribution in [1.82, 2.24) is 19.8 Å². The molecule has 1 saturated heterocycles. The van der Waals surface area contributed by atoms with E-state index >= 15 is 0 Å². The van der Waals surface area contributed by atoms with Gasteiger partial charge in [0, 0.05) is 43.0 Å². The number of likely N-dealkylation sites (tertiary alicyclic amines) is 1. The first-order valence-electron chi connectivity index (χ1n) is 10.2. The minimum Gasteiger partial charge on any atom is -0.335 e. The molecule has 1 aliphatic heterocycles. The van der Waals surface area contributed by atoms with Gasteiger partial charge in [0.1, 0.15) is 5.82 Å². The number of urea groups is 1. The Morgan fingerprint density at radius 1 is 1.24 bits per heavy atom. The minimum atomic E-state index is 0.165. The number of aromatic nitrogens is 2.